The van der Waals surface area contributed by atoms with Gasteiger partial charge in [0.25, 0.3) is 0 Å². The Bertz CT molecular complexity index is 170. The smallest absolute Gasteiger partial charge is 0.355 e. The van der Waals surface area contributed by atoms with E-state index in [1.54, 1.807) is 0 Å². The number of ether oxygens (including phenoxy) is 1. The van der Waals surface area contributed by atoms with Crippen LogP contribution in [0.25, 0.3) is 0 Å². The fourth-order valence-corrected chi connectivity index (χ4v) is 0.686. The minimum Gasteiger partial charge on any atom is -0.466 e. The molecule has 75 valence electrons. The summed E-state index contributed by atoms with van der Waals surface area (Å²) >= 11 is 0. The Morgan fingerprint density at radius 3 is 2.38 bits per heavy atom. The van der Waals surface area contributed by atoms with Gasteiger partial charge < -0.3 is 4.74 Å². The highest BCUT2D eigenvalue weighted by Crippen LogP contribution is 1.96. The maximum absolute atomic E-state index is 11.6. The van der Waals surface area contributed by atoms with Gasteiger partial charge in [0.05, 0.1) is 19.7 Å². The molecule has 0 aliphatic carbocycles. The maximum atomic E-state index is 11.6. The van der Waals surface area contributed by atoms with E-state index in [1.165, 1.54) is 0 Å². The van der Waals surface area contributed by atoms with Gasteiger partial charge >= 0.3 is 11.9 Å². The second-order valence-electron chi connectivity index (χ2n) is 2.49. The minimum atomic E-state index is -1.17. The van der Waals surface area contributed by atoms with Crippen molar-refractivity contribution in [3.8, 4) is 0 Å². The topological polar surface area (TPSA) is 63.3 Å². The Balaban J connectivity index is 3.22. The Morgan fingerprint density at radius 2 is 1.85 bits per heavy atom. The van der Waals surface area contributed by atoms with Gasteiger partial charge in [0.15, 0.2) is 0 Å². The summed E-state index contributed by atoms with van der Waals surface area (Å²) in [6, 6.07) is 0. The highest BCUT2D eigenvalue weighted by atomic mass is 19.1. The van der Waals surface area contributed by atoms with E-state index in [2.05, 4.69) is 4.74 Å². The second-order valence-corrected chi connectivity index (χ2v) is 2.49. The average molecular weight is 191 g/mol. The van der Waals surface area contributed by atoms with Crippen molar-refractivity contribution in [1.82, 2.24) is 0 Å². The fourth-order valence-electron chi connectivity index (χ4n) is 0.686. The van der Waals surface area contributed by atoms with Crippen LogP contribution in [0.2, 0.25) is 0 Å². The number of hydrogen-bond acceptors (Lipinski definition) is 3. The van der Waals surface area contributed by atoms with Gasteiger partial charge in [-0.25, -0.2) is 9.90 Å². The molecule has 0 atom stereocenters. The van der Waals surface area contributed by atoms with Crippen molar-refractivity contribution in [3.63, 3.8) is 0 Å². The van der Waals surface area contributed by atoms with E-state index in [0.29, 0.717) is 0 Å². The van der Waals surface area contributed by atoms with Crippen LogP contribution in [-0.4, -0.2) is 25.2 Å². The molecule has 13 heavy (non-hydrogen) atoms. The second kappa shape index (κ2) is 7.52. The minimum absolute atomic E-state index is 0.0435. The van der Waals surface area contributed by atoms with Crippen molar-refractivity contribution >= 4 is 11.9 Å². The number of alkyl halides is 1. The van der Waals surface area contributed by atoms with Crippen LogP contribution in [0.15, 0.2) is 0 Å². The highest BCUT2D eigenvalue weighted by Gasteiger charge is 2.03. The molecule has 0 amide bonds. The first-order chi connectivity index (χ1) is 6.16. The van der Waals surface area contributed by atoms with Gasteiger partial charge in [-0.1, -0.05) is 0 Å². The van der Waals surface area contributed by atoms with Crippen molar-refractivity contribution in [1.29, 1.82) is 0 Å². The zero-order valence-electron chi connectivity index (χ0n) is 7.25. The predicted octanol–water partition coefficient (Wildman–Crippen LogP) is 1.02. The third kappa shape index (κ3) is 8.78. The summed E-state index contributed by atoms with van der Waals surface area (Å²) < 4.78 is 16.2. The molecular weight excluding hydrogens is 179 g/mol. The third-order valence-corrected chi connectivity index (χ3v) is 1.30. The summed E-state index contributed by atoms with van der Waals surface area (Å²) in [7, 11) is 0. The van der Waals surface area contributed by atoms with Crippen LogP contribution in [0.5, 0.6) is 0 Å². The number of esters is 1. The normalized spacial score (nSPS) is 9.62. The van der Waals surface area contributed by atoms with Crippen LogP contribution in [0, 0.1) is 0 Å². The lowest BCUT2D eigenvalue weighted by atomic mass is 10.3. The number of halogens is 1. The molecule has 0 aliphatic rings. The monoisotopic (exact) mass is 191 g/mol. The van der Waals surface area contributed by atoms with Crippen molar-refractivity contribution in [2.45, 2.75) is 25.7 Å². The predicted molar refractivity (Wildman–Crippen MR) is 41.1 cm³/mol. The molecule has 0 N–H and O–H groups in total. The van der Waals surface area contributed by atoms with Gasteiger partial charge in [0.2, 0.25) is 0 Å². The van der Waals surface area contributed by atoms with Crippen molar-refractivity contribution < 1.29 is 23.8 Å². The van der Waals surface area contributed by atoms with Crippen LogP contribution >= 0.6 is 0 Å². The summed E-state index contributed by atoms with van der Waals surface area (Å²) in [5.74, 6) is -1.66. The lowest BCUT2D eigenvalue weighted by molar-refractivity contribution is -0.147. The van der Waals surface area contributed by atoms with Gasteiger partial charge in [-0.3, -0.25) is 9.18 Å². The Kier molecular flexibility index (Phi) is 6.86. The number of hydrogen-bond donors (Lipinski definition) is 0. The number of carbonyl (C=O) groups is 2. The number of rotatable bonds is 7. The van der Waals surface area contributed by atoms with Crippen LogP contribution in [0.1, 0.15) is 25.7 Å². The first-order valence-corrected chi connectivity index (χ1v) is 4.08. The molecule has 4 nitrogen and oxygen atoms in total. The quantitative estimate of drug-likeness (QED) is 0.445. The molecule has 0 fully saturated rings. The first kappa shape index (κ1) is 11.9. The molecule has 0 aromatic rings. The molecule has 0 bridgehead atoms. The Hall–Kier alpha value is -1.13. The van der Waals surface area contributed by atoms with Gasteiger partial charge in [0.1, 0.15) is 0 Å². The van der Waals surface area contributed by atoms with E-state index in [4.69, 9.17) is 0 Å². The van der Waals surface area contributed by atoms with E-state index in [0.717, 1.165) is 0 Å². The molecule has 0 aromatic heterocycles. The number of carbonyl (C=O) groups excluding carboxylic acids is 2. The van der Waals surface area contributed by atoms with E-state index in [-0.39, 0.29) is 32.3 Å². The lowest BCUT2D eigenvalue weighted by Gasteiger charge is -2.01. The molecule has 0 saturated carbocycles. The Morgan fingerprint density at radius 1 is 1.15 bits per heavy atom. The molecule has 0 aliphatic heterocycles. The molecule has 0 heterocycles. The summed E-state index contributed by atoms with van der Waals surface area (Å²) in [6.07, 6.45) is 0.307. The van der Waals surface area contributed by atoms with Crippen LogP contribution in [-0.2, 0) is 19.4 Å². The molecule has 0 spiro atoms. The first-order valence-electron chi connectivity index (χ1n) is 4.08. The summed E-state index contributed by atoms with van der Waals surface area (Å²) in [5.41, 5.74) is 0. The van der Waals surface area contributed by atoms with E-state index < -0.39 is 18.6 Å². The standard InChI is InChI=1S/C8H12FO4/c9-5-1-4-8(12)13-6-2-3-7(10)11/h1-6H2. The van der Waals surface area contributed by atoms with Crippen molar-refractivity contribution in [2.24, 2.45) is 0 Å². The van der Waals surface area contributed by atoms with Crippen LogP contribution in [0.3, 0.4) is 0 Å². The zero-order chi connectivity index (χ0) is 10.1. The summed E-state index contributed by atoms with van der Waals surface area (Å²) in [6.45, 7) is -0.493. The maximum Gasteiger partial charge on any atom is 0.355 e. The van der Waals surface area contributed by atoms with Gasteiger partial charge in [0, 0.05) is 6.42 Å². The molecule has 0 rings (SSSR count). The van der Waals surface area contributed by atoms with Gasteiger partial charge in [-0.2, -0.15) is 0 Å². The lowest BCUT2D eigenvalue weighted by Crippen LogP contribution is -2.07. The SMILES string of the molecule is [O]C(=O)CCCOC(=O)CCCF. The van der Waals surface area contributed by atoms with Gasteiger partial charge in [-0.15, -0.1) is 0 Å². The van der Waals surface area contributed by atoms with Crippen molar-refractivity contribution in [3.05, 3.63) is 0 Å². The fraction of sp³-hybridized carbons (Fsp3) is 0.750. The average Bonchev–Trinajstić information content (AvgIpc) is 2.08. The Labute approximate surface area is 75.7 Å². The summed E-state index contributed by atoms with van der Waals surface area (Å²) in [4.78, 5) is 20.6. The largest absolute Gasteiger partial charge is 0.466 e. The third-order valence-electron chi connectivity index (χ3n) is 1.30. The highest BCUT2D eigenvalue weighted by molar-refractivity contribution is 5.69. The molecular formula is C8H12FO4. The summed E-state index contributed by atoms with van der Waals surface area (Å²) in [5, 5.41) is 9.91. The van der Waals surface area contributed by atoms with Gasteiger partial charge in [-0.05, 0) is 12.8 Å². The molecule has 5 heteroatoms. The zero-order valence-corrected chi connectivity index (χ0v) is 7.25. The van der Waals surface area contributed by atoms with E-state index in [9.17, 15) is 19.1 Å². The molecule has 0 aromatic carbocycles. The van der Waals surface area contributed by atoms with Crippen molar-refractivity contribution in [2.75, 3.05) is 13.3 Å². The van der Waals surface area contributed by atoms with Crippen LogP contribution < -0.4 is 0 Å². The van der Waals surface area contributed by atoms with E-state index >= 15 is 0 Å². The van der Waals surface area contributed by atoms with E-state index in [1.807, 2.05) is 0 Å². The molecule has 0 saturated heterocycles. The molecule has 1 radical (unpaired) electrons. The molecule has 0 unspecified atom stereocenters. The van der Waals surface area contributed by atoms with Crippen LogP contribution in [0.4, 0.5) is 4.39 Å².